The van der Waals surface area contributed by atoms with E-state index in [1.54, 1.807) is 14.0 Å². The molecule has 0 heterocycles. The van der Waals surface area contributed by atoms with E-state index >= 15 is 0 Å². The van der Waals surface area contributed by atoms with Crippen LogP contribution in [0.4, 0.5) is 0 Å². The molecule has 3 nitrogen and oxygen atoms in total. The minimum Gasteiger partial charge on any atom is -0.393 e. The first-order valence-electron chi connectivity index (χ1n) is 4.07. The van der Waals surface area contributed by atoms with Crippen LogP contribution in [0, 0.1) is 0 Å². The maximum absolute atomic E-state index is 8.92. The molecule has 0 aliphatic heterocycles. The van der Waals surface area contributed by atoms with Crippen molar-refractivity contribution >= 4 is 0 Å². The Morgan fingerprint density at radius 2 is 2.09 bits per heavy atom. The van der Waals surface area contributed by atoms with Crippen molar-refractivity contribution < 1.29 is 9.84 Å². The van der Waals surface area contributed by atoms with Crippen molar-refractivity contribution in [2.75, 3.05) is 20.3 Å². The minimum absolute atomic E-state index is 0.211. The van der Waals surface area contributed by atoms with Crippen molar-refractivity contribution in [3.8, 4) is 0 Å². The largest absolute Gasteiger partial charge is 0.393 e. The third-order valence-electron chi connectivity index (χ3n) is 1.47. The normalized spacial score (nSPS) is 16.4. The van der Waals surface area contributed by atoms with E-state index in [9.17, 15) is 0 Å². The van der Waals surface area contributed by atoms with Gasteiger partial charge in [-0.1, -0.05) is 0 Å². The van der Waals surface area contributed by atoms with Crippen molar-refractivity contribution in [1.29, 1.82) is 0 Å². The molecule has 0 bridgehead atoms. The Bertz CT molecular complexity index is 86.2. The second kappa shape index (κ2) is 6.58. The summed E-state index contributed by atoms with van der Waals surface area (Å²) in [6.45, 7) is 5.43. The van der Waals surface area contributed by atoms with Crippen LogP contribution in [0.5, 0.6) is 0 Å². The van der Waals surface area contributed by atoms with Crippen LogP contribution in [0.2, 0.25) is 0 Å². The van der Waals surface area contributed by atoms with Crippen LogP contribution in [0.3, 0.4) is 0 Å². The molecule has 0 aromatic carbocycles. The molecule has 0 aromatic rings. The predicted octanol–water partition coefficient (Wildman–Crippen LogP) is 0.382. The SMILES string of the molecule is COC[C@@H](C)NCC[C@H](C)O. The summed E-state index contributed by atoms with van der Waals surface area (Å²) < 4.78 is 4.94. The molecule has 2 N–H and O–H groups in total. The smallest absolute Gasteiger partial charge is 0.0613 e. The Morgan fingerprint density at radius 3 is 2.55 bits per heavy atom. The lowest BCUT2D eigenvalue weighted by molar-refractivity contribution is 0.160. The van der Waals surface area contributed by atoms with Gasteiger partial charge in [-0.05, 0) is 26.8 Å². The number of aliphatic hydroxyl groups is 1. The van der Waals surface area contributed by atoms with Crippen LogP contribution in [0.1, 0.15) is 20.3 Å². The fourth-order valence-electron chi connectivity index (χ4n) is 0.848. The summed E-state index contributed by atoms with van der Waals surface area (Å²) in [5.41, 5.74) is 0. The maximum atomic E-state index is 8.92. The van der Waals surface area contributed by atoms with Crippen molar-refractivity contribution in [3.05, 3.63) is 0 Å². The Balaban J connectivity index is 3.10. The number of methoxy groups -OCH3 is 1. The topological polar surface area (TPSA) is 41.5 Å². The van der Waals surface area contributed by atoms with Crippen molar-refractivity contribution in [3.63, 3.8) is 0 Å². The van der Waals surface area contributed by atoms with E-state index in [1.165, 1.54) is 0 Å². The minimum atomic E-state index is -0.211. The first-order valence-corrected chi connectivity index (χ1v) is 4.07. The maximum Gasteiger partial charge on any atom is 0.0613 e. The summed E-state index contributed by atoms with van der Waals surface area (Å²) in [6, 6.07) is 0.374. The van der Waals surface area contributed by atoms with Gasteiger partial charge in [0, 0.05) is 13.2 Å². The lowest BCUT2D eigenvalue weighted by Gasteiger charge is -2.12. The molecule has 0 saturated carbocycles. The highest BCUT2D eigenvalue weighted by Crippen LogP contribution is 1.88. The molecule has 0 fully saturated rings. The predicted molar refractivity (Wildman–Crippen MR) is 45.6 cm³/mol. The van der Waals surface area contributed by atoms with E-state index in [-0.39, 0.29) is 6.10 Å². The molecule has 2 atom stereocenters. The number of ether oxygens (including phenoxy) is 1. The fourth-order valence-corrected chi connectivity index (χ4v) is 0.848. The lowest BCUT2D eigenvalue weighted by Crippen LogP contribution is -2.32. The van der Waals surface area contributed by atoms with Crippen molar-refractivity contribution in [2.24, 2.45) is 0 Å². The van der Waals surface area contributed by atoms with Gasteiger partial charge in [-0.3, -0.25) is 0 Å². The average Bonchev–Trinajstić information content (AvgIpc) is 1.87. The number of nitrogens with one attached hydrogen (secondary N) is 1. The third kappa shape index (κ3) is 7.78. The zero-order chi connectivity index (χ0) is 8.69. The quantitative estimate of drug-likeness (QED) is 0.592. The van der Waals surface area contributed by atoms with Gasteiger partial charge in [0.15, 0.2) is 0 Å². The molecule has 0 rings (SSSR count). The molecule has 11 heavy (non-hydrogen) atoms. The highest BCUT2D eigenvalue weighted by Gasteiger charge is 2.00. The highest BCUT2D eigenvalue weighted by atomic mass is 16.5. The second-order valence-electron chi connectivity index (χ2n) is 2.95. The first-order chi connectivity index (χ1) is 5.16. The van der Waals surface area contributed by atoms with Gasteiger partial charge in [-0.2, -0.15) is 0 Å². The molecule has 0 radical (unpaired) electrons. The Kier molecular flexibility index (Phi) is 6.51. The second-order valence-corrected chi connectivity index (χ2v) is 2.95. The first kappa shape index (κ1) is 10.9. The molecule has 3 heteroatoms. The molecule has 0 aromatic heterocycles. The van der Waals surface area contributed by atoms with Crippen LogP contribution in [0.25, 0.3) is 0 Å². The molecular weight excluding hydrogens is 142 g/mol. The van der Waals surface area contributed by atoms with Crippen LogP contribution in [-0.2, 0) is 4.74 Å². The highest BCUT2D eigenvalue weighted by molar-refractivity contribution is 4.59. The molecule has 0 amide bonds. The van der Waals surface area contributed by atoms with Crippen LogP contribution in [0.15, 0.2) is 0 Å². The van der Waals surface area contributed by atoms with Gasteiger partial charge in [0.2, 0.25) is 0 Å². The zero-order valence-corrected chi connectivity index (χ0v) is 7.63. The van der Waals surface area contributed by atoms with Gasteiger partial charge in [0.05, 0.1) is 12.7 Å². The summed E-state index contributed by atoms with van der Waals surface area (Å²) in [5, 5.41) is 12.2. The van der Waals surface area contributed by atoms with E-state index in [0.29, 0.717) is 6.04 Å². The van der Waals surface area contributed by atoms with Gasteiger partial charge in [-0.15, -0.1) is 0 Å². The van der Waals surface area contributed by atoms with E-state index in [4.69, 9.17) is 9.84 Å². The molecule has 0 unspecified atom stereocenters. The van der Waals surface area contributed by atoms with Crippen molar-refractivity contribution in [2.45, 2.75) is 32.4 Å². The number of aliphatic hydroxyl groups excluding tert-OH is 1. The standard InChI is InChI=1S/C8H19NO2/c1-7(6-11-3)9-5-4-8(2)10/h7-10H,4-6H2,1-3H3/t7-,8+/m1/s1. The number of hydrogen-bond donors (Lipinski definition) is 2. The monoisotopic (exact) mass is 161 g/mol. The van der Waals surface area contributed by atoms with Gasteiger partial charge in [0.25, 0.3) is 0 Å². The number of rotatable bonds is 6. The van der Waals surface area contributed by atoms with Crippen molar-refractivity contribution in [1.82, 2.24) is 5.32 Å². The van der Waals surface area contributed by atoms with Gasteiger partial charge in [0.1, 0.15) is 0 Å². The van der Waals surface area contributed by atoms with Crippen LogP contribution < -0.4 is 5.32 Å². The average molecular weight is 161 g/mol. The molecule has 0 aliphatic carbocycles. The molecule has 0 saturated heterocycles. The van der Waals surface area contributed by atoms with Gasteiger partial charge < -0.3 is 15.2 Å². The summed E-state index contributed by atoms with van der Waals surface area (Å²) in [6.07, 6.45) is 0.589. The van der Waals surface area contributed by atoms with E-state index < -0.39 is 0 Å². The molecule has 0 aliphatic rings. The number of hydrogen-bond acceptors (Lipinski definition) is 3. The fraction of sp³-hybridized carbons (Fsp3) is 1.00. The van der Waals surface area contributed by atoms with E-state index in [2.05, 4.69) is 12.2 Å². The van der Waals surface area contributed by atoms with Gasteiger partial charge in [-0.25, -0.2) is 0 Å². The summed E-state index contributed by atoms with van der Waals surface area (Å²) in [5.74, 6) is 0. The Hall–Kier alpha value is -0.120. The van der Waals surface area contributed by atoms with E-state index in [1.807, 2.05) is 0 Å². The summed E-state index contributed by atoms with van der Waals surface area (Å²) in [7, 11) is 1.69. The van der Waals surface area contributed by atoms with Crippen LogP contribution >= 0.6 is 0 Å². The Morgan fingerprint density at radius 1 is 1.45 bits per heavy atom. The summed E-state index contributed by atoms with van der Waals surface area (Å²) in [4.78, 5) is 0. The van der Waals surface area contributed by atoms with Gasteiger partial charge >= 0.3 is 0 Å². The van der Waals surface area contributed by atoms with Crippen LogP contribution in [-0.4, -0.2) is 37.5 Å². The van der Waals surface area contributed by atoms with E-state index in [0.717, 1.165) is 19.6 Å². The molecule has 0 spiro atoms. The Labute approximate surface area is 68.8 Å². The molecule has 68 valence electrons. The zero-order valence-electron chi connectivity index (χ0n) is 7.63. The third-order valence-corrected chi connectivity index (χ3v) is 1.47. The molecular formula is C8H19NO2. The lowest BCUT2D eigenvalue weighted by atomic mass is 10.2. The summed E-state index contributed by atoms with van der Waals surface area (Å²) >= 11 is 0.